The molecule has 0 aromatic heterocycles. The second-order valence-electron chi connectivity index (χ2n) is 7.84. The van der Waals surface area contributed by atoms with Crippen LogP contribution in [-0.4, -0.2) is 53.6 Å². The largest absolute Gasteiger partial charge is 0.396 e. The second kappa shape index (κ2) is 6.32. The molecular formula is C19H25ClN2O2. The van der Waals surface area contributed by atoms with Gasteiger partial charge in [-0.05, 0) is 49.4 Å². The Morgan fingerprint density at radius 3 is 2.62 bits per heavy atom. The smallest absolute Gasteiger partial charge is 0.225 e. The number of amides is 1. The van der Waals surface area contributed by atoms with Gasteiger partial charge in [0.05, 0.1) is 6.61 Å². The number of hydrogen-bond donors (Lipinski definition) is 1. The number of benzene rings is 1. The van der Waals surface area contributed by atoms with Crippen LogP contribution in [0, 0.1) is 17.3 Å². The third-order valence-corrected chi connectivity index (χ3v) is 6.27. The predicted octanol–water partition coefficient (Wildman–Crippen LogP) is 2.39. The van der Waals surface area contributed by atoms with Crippen molar-refractivity contribution in [2.45, 2.75) is 25.8 Å². The van der Waals surface area contributed by atoms with E-state index in [0.29, 0.717) is 11.8 Å². The lowest BCUT2D eigenvalue weighted by molar-refractivity contribution is -0.132. The molecule has 2 aliphatic heterocycles. The van der Waals surface area contributed by atoms with Crippen LogP contribution in [0.4, 0.5) is 0 Å². The summed E-state index contributed by atoms with van der Waals surface area (Å²) in [6.45, 7) is 4.50. The summed E-state index contributed by atoms with van der Waals surface area (Å²) in [5.74, 6) is 1.03. The van der Waals surface area contributed by atoms with Gasteiger partial charge in [-0.25, -0.2) is 0 Å². The van der Waals surface area contributed by atoms with Gasteiger partial charge in [0.1, 0.15) is 0 Å². The Kier molecular flexibility index (Phi) is 4.31. The number of aliphatic hydroxyl groups excluding tert-OH is 1. The van der Waals surface area contributed by atoms with Crippen LogP contribution in [0.5, 0.6) is 0 Å². The number of aliphatic hydroxyl groups is 1. The number of fused-ring (bicyclic) bond motifs is 1. The van der Waals surface area contributed by atoms with Crippen molar-refractivity contribution in [3.05, 3.63) is 34.9 Å². The molecule has 0 bridgehead atoms. The molecule has 2 atom stereocenters. The molecule has 4 rings (SSSR count). The number of hydrogen-bond acceptors (Lipinski definition) is 3. The van der Waals surface area contributed by atoms with Gasteiger partial charge in [-0.15, -0.1) is 0 Å². The van der Waals surface area contributed by atoms with Gasteiger partial charge < -0.3 is 10.0 Å². The van der Waals surface area contributed by atoms with Gasteiger partial charge in [-0.2, -0.15) is 0 Å². The minimum atomic E-state index is -0.144. The van der Waals surface area contributed by atoms with Gasteiger partial charge in [0.25, 0.3) is 0 Å². The van der Waals surface area contributed by atoms with E-state index in [1.54, 1.807) is 0 Å². The minimum Gasteiger partial charge on any atom is -0.396 e. The molecule has 24 heavy (non-hydrogen) atoms. The molecule has 2 heterocycles. The Hall–Kier alpha value is -1.10. The van der Waals surface area contributed by atoms with Crippen molar-refractivity contribution in [1.29, 1.82) is 0 Å². The van der Waals surface area contributed by atoms with E-state index < -0.39 is 0 Å². The summed E-state index contributed by atoms with van der Waals surface area (Å²) in [4.78, 5) is 16.9. The topological polar surface area (TPSA) is 43.8 Å². The van der Waals surface area contributed by atoms with Crippen LogP contribution in [0.15, 0.2) is 24.3 Å². The lowest BCUT2D eigenvalue weighted by Crippen LogP contribution is -2.50. The maximum absolute atomic E-state index is 12.4. The first-order chi connectivity index (χ1) is 11.6. The zero-order chi connectivity index (χ0) is 16.7. The Balaban J connectivity index is 1.44. The van der Waals surface area contributed by atoms with E-state index in [9.17, 15) is 9.90 Å². The highest BCUT2D eigenvalue weighted by molar-refractivity contribution is 6.30. The molecule has 4 nitrogen and oxygen atoms in total. The van der Waals surface area contributed by atoms with Crippen molar-refractivity contribution < 1.29 is 9.90 Å². The third kappa shape index (κ3) is 3.07. The van der Waals surface area contributed by atoms with Crippen molar-refractivity contribution in [2.24, 2.45) is 17.3 Å². The van der Waals surface area contributed by atoms with Gasteiger partial charge in [-0.3, -0.25) is 9.69 Å². The van der Waals surface area contributed by atoms with E-state index in [2.05, 4.69) is 17.0 Å². The van der Waals surface area contributed by atoms with Gasteiger partial charge in [0, 0.05) is 42.5 Å². The Labute approximate surface area is 148 Å². The van der Waals surface area contributed by atoms with Crippen LogP contribution < -0.4 is 0 Å². The van der Waals surface area contributed by atoms with Gasteiger partial charge >= 0.3 is 0 Å². The molecule has 130 valence electrons. The van der Waals surface area contributed by atoms with Crippen molar-refractivity contribution in [1.82, 2.24) is 9.80 Å². The number of halogens is 1. The van der Waals surface area contributed by atoms with E-state index >= 15 is 0 Å². The highest BCUT2D eigenvalue weighted by Crippen LogP contribution is 2.44. The summed E-state index contributed by atoms with van der Waals surface area (Å²) >= 11 is 5.96. The summed E-state index contributed by atoms with van der Waals surface area (Å²) in [6, 6.07) is 7.99. The van der Waals surface area contributed by atoms with E-state index in [-0.39, 0.29) is 17.9 Å². The van der Waals surface area contributed by atoms with E-state index in [1.165, 1.54) is 5.56 Å². The molecule has 1 N–H and O–H groups in total. The minimum absolute atomic E-state index is 0.144. The zero-order valence-corrected chi connectivity index (χ0v) is 14.7. The Morgan fingerprint density at radius 1 is 1.21 bits per heavy atom. The Morgan fingerprint density at radius 2 is 1.96 bits per heavy atom. The number of rotatable bonds is 4. The van der Waals surface area contributed by atoms with Crippen LogP contribution in [0.1, 0.15) is 24.8 Å². The summed E-state index contributed by atoms with van der Waals surface area (Å²) in [6.07, 6.45) is 3.16. The molecule has 1 aromatic rings. The summed E-state index contributed by atoms with van der Waals surface area (Å²) in [5.41, 5.74) is 1.10. The van der Waals surface area contributed by atoms with E-state index in [0.717, 1.165) is 57.0 Å². The average Bonchev–Trinajstić information content (AvgIpc) is 3.36. The van der Waals surface area contributed by atoms with E-state index in [1.807, 2.05) is 17.0 Å². The van der Waals surface area contributed by atoms with Gasteiger partial charge in [0.15, 0.2) is 0 Å². The molecule has 1 saturated carbocycles. The van der Waals surface area contributed by atoms with Gasteiger partial charge in [0.2, 0.25) is 5.91 Å². The fourth-order valence-corrected chi connectivity index (χ4v) is 4.57. The quantitative estimate of drug-likeness (QED) is 0.908. The third-order valence-electron chi connectivity index (χ3n) is 6.02. The number of likely N-dealkylation sites (tertiary alicyclic amines) is 2. The number of piperidine rings is 1. The molecule has 2 unspecified atom stereocenters. The first-order valence-corrected chi connectivity index (χ1v) is 9.34. The van der Waals surface area contributed by atoms with Crippen LogP contribution in [-0.2, 0) is 11.3 Å². The van der Waals surface area contributed by atoms with Crippen molar-refractivity contribution >= 4 is 17.5 Å². The molecular weight excluding hydrogens is 324 g/mol. The molecule has 0 spiro atoms. The number of nitrogens with zero attached hydrogens (tertiary/aromatic N) is 2. The summed E-state index contributed by atoms with van der Waals surface area (Å²) in [5, 5.41) is 10.9. The van der Waals surface area contributed by atoms with Crippen molar-refractivity contribution in [3.8, 4) is 0 Å². The lowest BCUT2D eigenvalue weighted by Gasteiger charge is -2.43. The maximum atomic E-state index is 12.4. The fraction of sp³-hybridized carbons (Fsp3) is 0.632. The number of carbonyl (C=O) groups excluding carboxylic acids is 1. The standard InChI is InChI=1S/C19H25ClN2O2/c20-17-5-1-14(2-6-17)9-21-8-7-16-10-22(18(24)15-3-4-15)12-19(16,11-21)13-23/h1-2,5-6,15-16,23H,3-4,7-13H2. The van der Waals surface area contributed by atoms with E-state index in [4.69, 9.17) is 11.6 Å². The summed E-state index contributed by atoms with van der Waals surface area (Å²) in [7, 11) is 0. The highest BCUT2D eigenvalue weighted by atomic mass is 35.5. The monoisotopic (exact) mass is 348 g/mol. The fourth-order valence-electron chi connectivity index (χ4n) is 4.44. The molecule has 1 amide bonds. The van der Waals surface area contributed by atoms with Crippen molar-refractivity contribution in [3.63, 3.8) is 0 Å². The Bertz CT molecular complexity index is 616. The second-order valence-corrected chi connectivity index (χ2v) is 8.27. The molecule has 0 radical (unpaired) electrons. The summed E-state index contributed by atoms with van der Waals surface area (Å²) < 4.78 is 0. The molecule has 2 saturated heterocycles. The van der Waals surface area contributed by atoms with Gasteiger partial charge in [-0.1, -0.05) is 23.7 Å². The SMILES string of the molecule is O=C(C1CC1)N1CC2CCN(Cc3ccc(Cl)cc3)CC2(CO)C1. The van der Waals surface area contributed by atoms with Crippen LogP contribution in [0.25, 0.3) is 0 Å². The first kappa shape index (κ1) is 16.4. The lowest BCUT2D eigenvalue weighted by atomic mass is 9.74. The molecule has 5 heteroatoms. The highest BCUT2D eigenvalue weighted by Gasteiger charge is 2.51. The molecule has 3 aliphatic rings. The normalized spacial score (nSPS) is 30.4. The number of carbonyl (C=O) groups is 1. The maximum Gasteiger partial charge on any atom is 0.225 e. The first-order valence-electron chi connectivity index (χ1n) is 8.96. The average molecular weight is 349 g/mol. The predicted molar refractivity (Wildman–Crippen MR) is 93.7 cm³/mol. The molecule has 3 fully saturated rings. The molecule has 1 aliphatic carbocycles. The van der Waals surface area contributed by atoms with Crippen LogP contribution in [0.3, 0.4) is 0 Å². The van der Waals surface area contributed by atoms with Crippen LogP contribution >= 0.6 is 11.6 Å². The van der Waals surface area contributed by atoms with Crippen molar-refractivity contribution in [2.75, 3.05) is 32.8 Å². The zero-order valence-electron chi connectivity index (χ0n) is 14.0. The van der Waals surface area contributed by atoms with Crippen LogP contribution in [0.2, 0.25) is 5.02 Å². The molecule has 1 aromatic carbocycles.